The second kappa shape index (κ2) is 8.27. The summed E-state index contributed by atoms with van der Waals surface area (Å²) in [4.78, 5) is 12.9. The van der Waals surface area contributed by atoms with Crippen molar-refractivity contribution in [2.75, 3.05) is 0 Å². The molecule has 0 saturated heterocycles. The van der Waals surface area contributed by atoms with Crippen LogP contribution >= 0.6 is 0 Å². The first-order valence-corrected chi connectivity index (χ1v) is 14.1. The first kappa shape index (κ1) is 24.5. The minimum absolute atomic E-state index is 0.102. The number of allylic oxidation sites excluding steroid dienone is 2. The van der Waals surface area contributed by atoms with Crippen LogP contribution in [0.2, 0.25) is 0 Å². The van der Waals surface area contributed by atoms with Crippen LogP contribution in [-0.4, -0.2) is 5.78 Å². The molecule has 4 fully saturated rings. The highest BCUT2D eigenvalue weighted by atomic mass is 16.1. The largest absolute Gasteiger partial charge is 0.299 e. The average molecular weight is 441 g/mol. The van der Waals surface area contributed by atoms with Crippen LogP contribution in [-0.2, 0) is 4.79 Å². The van der Waals surface area contributed by atoms with Gasteiger partial charge in [-0.2, -0.15) is 0 Å². The van der Waals surface area contributed by atoms with E-state index in [1.807, 2.05) is 0 Å². The van der Waals surface area contributed by atoms with Gasteiger partial charge >= 0.3 is 0 Å². The molecule has 32 heavy (non-hydrogen) atoms. The van der Waals surface area contributed by atoms with Gasteiger partial charge in [-0.3, -0.25) is 4.79 Å². The fourth-order valence-corrected chi connectivity index (χ4v) is 10.4. The second-order valence-corrected chi connectivity index (χ2v) is 13.9. The molecule has 0 bridgehead atoms. The zero-order valence-corrected chi connectivity index (χ0v) is 22.7. The van der Waals surface area contributed by atoms with Crippen LogP contribution in [0.3, 0.4) is 0 Å². The number of fused-ring (bicyclic) bond motifs is 5. The van der Waals surface area contributed by atoms with Crippen molar-refractivity contribution in [2.24, 2.45) is 51.2 Å². The van der Waals surface area contributed by atoms with Crippen molar-refractivity contribution in [3.8, 4) is 0 Å². The molecule has 0 spiro atoms. The van der Waals surface area contributed by atoms with E-state index in [0.717, 1.165) is 30.1 Å². The van der Waals surface area contributed by atoms with Gasteiger partial charge in [0.2, 0.25) is 0 Å². The molecule has 0 aromatic heterocycles. The van der Waals surface area contributed by atoms with E-state index >= 15 is 0 Å². The Bertz CT molecular complexity index is 756. The summed E-state index contributed by atoms with van der Waals surface area (Å²) >= 11 is 0. The molecule has 8 unspecified atom stereocenters. The van der Waals surface area contributed by atoms with Crippen LogP contribution in [0.25, 0.3) is 0 Å². The molecule has 1 heteroatoms. The molecular formula is C31H52O. The molecule has 4 aliphatic carbocycles. The minimum atomic E-state index is -0.102. The van der Waals surface area contributed by atoms with Crippen LogP contribution in [0.15, 0.2) is 11.6 Å². The van der Waals surface area contributed by atoms with E-state index in [-0.39, 0.29) is 5.41 Å². The van der Waals surface area contributed by atoms with E-state index in [0.29, 0.717) is 27.9 Å². The number of carbonyl (C=O) groups excluding carboxylic acids is 1. The van der Waals surface area contributed by atoms with Gasteiger partial charge in [-0.25, -0.2) is 0 Å². The summed E-state index contributed by atoms with van der Waals surface area (Å²) in [5, 5.41) is 0. The Morgan fingerprint density at radius 2 is 1.69 bits per heavy atom. The van der Waals surface area contributed by atoms with Crippen molar-refractivity contribution in [3.63, 3.8) is 0 Å². The zero-order valence-electron chi connectivity index (χ0n) is 22.7. The van der Waals surface area contributed by atoms with E-state index in [2.05, 4.69) is 61.5 Å². The highest BCUT2D eigenvalue weighted by Gasteiger charge is 2.69. The van der Waals surface area contributed by atoms with Crippen LogP contribution in [0.1, 0.15) is 126 Å². The van der Waals surface area contributed by atoms with E-state index in [1.54, 1.807) is 0 Å². The predicted octanol–water partition coefficient (Wildman–Crippen LogP) is 9.01. The Hall–Kier alpha value is -0.590. The Balaban J connectivity index is 1.63. The number of carbonyl (C=O) groups is 1. The first-order chi connectivity index (χ1) is 14.9. The van der Waals surface area contributed by atoms with Crippen LogP contribution < -0.4 is 0 Å². The summed E-state index contributed by atoms with van der Waals surface area (Å²) in [5.74, 6) is 4.51. The SMILES string of the molecule is CCC12CCC3(C)C(C(C)CCC=C(C)C)CCC3(C)C1CCC1C2CCC(=O)C1(C)C. The normalized spacial score (nSPS) is 46.1. The van der Waals surface area contributed by atoms with Gasteiger partial charge < -0.3 is 0 Å². The lowest BCUT2D eigenvalue weighted by molar-refractivity contribution is -0.197. The molecular weight excluding hydrogens is 388 g/mol. The monoisotopic (exact) mass is 440 g/mol. The van der Waals surface area contributed by atoms with Crippen LogP contribution in [0.4, 0.5) is 0 Å². The summed E-state index contributed by atoms with van der Waals surface area (Å²) in [7, 11) is 0. The first-order valence-electron chi connectivity index (χ1n) is 14.1. The summed E-state index contributed by atoms with van der Waals surface area (Å²) < 4.78 is 0. The molecule has 1 nitrogen and oxygen atoms in total. The maximum absolute atomic E-state index is 12.9. The zero-order chi connectivity index (χ0) is 23.5. The molecule has 8 atom stereocenters. The number of ketones is 1. The molecule has 0 aromatic carbocycles. The third kappa shape index (κ3) is 3.33. The van der Waals surface area contributed by atoms with Crippen LogP contribution in [0, 0.1) is 51.2 Å². The number of rotatable bonds is 5. The maximum atomic E-state index is 12.9. The van der Waals surface area contributed by atoms with Gasteiger partial charge in [0.15, 0.2) is 0 Å². The second-order valence-electron chi connectivity index (χ2n) is 13.9. The summed E-state index contributed by atoms with van der Waals surface area (Å²) in [6.45, 7) is 19.5. The predicted molar refractivity (Wildman–Crippen MR) is 136 cm³/mol. The smallest absolute Gasteiger partial charge is 0.138 e. The van der Waals surface area contributed by atoms with Crippen molar-refractivity contribution in [1.82, 2.24) is 0 Å². The Morgan fingerprint density at radius 3 is 2.34 bits per heavy atom. The average Bonchev–Trinajstić information content (AvgIpc) is 3.01. The highest BCUT2D eigenvalue weighted by molar-refractivity contribution is 5.85. The van der Waals surface area contributed by atoms with E-state index in [9.17, 15) is 4.79 Å². The third-order valence-electron chi connectivity index (χ3n) is 12.5. The van der Waals surface area contributed by atoms with E-state index in [4.69, 9.17) is 0 Å². The third-order valence-corrected chi connectivity index (χ3v) is 12.5. The Labute approximate surface area is 199 Å². The van der Waals surface area contributed by atoms with Crippen molar-refractivity contribution in [1.29, 1.82) is 0 Å². The van der Waals surface area contributed by atoms with Gasteiger partial charge in [0.25, 0.3) is 0 Å². The Kier molecular flexibility index (Phi) is 6.34. The molecule has 0 radical (unpaired) electrons. The Morgan fingerprint density at radius 1 is 0.969 bits per heavy atom. The fraction of sp³-hybridized carbons (Fsp3) is 0.903. The molecule has 0 heterocycles. The lowest BCUT2D eigenvalue weighted by Gasteiger charge is -2.68. The lowest BCUT2D eigenvalue weighted by Crippen LogP contribution is -2.62. The molecule has 182 valence electrons. The summed E-state index contributed by atoms with van der Waals surface area (Å²) in [6.07, 6.45) is 16.8. The molecule has 0 aromatic rings. The van der Waals surface area contributed by atoms with Crippen LogP contribution in [0.5, 0.6) is 0 Å². The van der Waals surface area contributed by atoms with Crippen molar-refractivity contribution in [2.45, 2.75) is 126 Å². The van der Waals surface area contributed by atoms with Crippen molar-refractivity contribution >= 4 is 5.78 Å². The minimum Gasteiger partial charge on any atom is -0.299 e. The molecule has 4 saturated carbocycles. The van der Waals surface area contributed by atoms with Gasteiger partial charge in [-0.1, -0.05) is 53.2 Å². The molecule has 0 aliphatic heterocycles. The van der Waals surface area contributed by atoms with Gasteiger partial charge in [0, 0.05) is 11.8 Å². The lowest BCUT2D eigenvalue weighted by atomic mass is 9.36. The number of Topliss-reactive ketones (excluding diaryl/α,β-unsaturated/α-hetero) is 1. The summed E-state index contributed by atoms with van der Waals surface area (Å²) in [6, 6.07) is 0. The standard InChI is InChI=1S/C31H52O/c1-9-31-20-19-29(7)23(22(4)12-10-11-21(2)3)17-18-30(29,8)26(31)15-13-24-25(31)14-16-27(32)28(24,5)6/h11,22-26H,9-10,12-20H2,1-8H3. The van der Waals surface area contributed by atoms with Gasteiger partial charge in [0.1, 0.15) is 5.78 Å². The number of hydrogen-bond acceptors (Lipinski definition) is 1. The van der Waals surface area contributed by atoms with Crippen molar-refractivity contribution < 1.29 is 4.79 Å². The highest BCUT2D eigenvalue weighted by Crippen LogP contribution is 2.76. The molecule has 0 amide bonds. The molecule has 0 N–H and O–H groups in total. The van der Waals surface area contributed by atoms with E-state index < -0.39 is 0 Å². The molecule has 4 rings (SSSR count). The van der Waals surface area contributed by atoms with Crippen molar-refractivity contribution in [3.05, 3.63) is 11.6 Å². The van der Waals surface area contributed by atoms with Gasteiger partial charge in [-0.15, -0.1) is 0 Å². The summed E-state index contributed by atoms with van der Waals surface area (Å²) in [5.41, 5.74) is 2.82. The number of hydrogen-bond donors (Lipinski definition) is 0. The topological polar surface area (TPSA) is 17.1 Å². The van der Waals surface area contributed by atoms with Gasteiger partial charge in [-0.05, 0) is 124 Å². The molecule has 4 aliphatic rings. The maximum Gasteiger partial charge on any atom is 0.138 e. The fourth-order valence-electron chi connectivity index (χ4n) is 10.4. The van der Waals surface area contributed by atoms with E-state index in [1.165, 1.54) is 69.8 Å². The van der Waals surface area contributed by atoms with Gasteiger partial charge in [0.05, 0.1) is 0 Å². The quantitative estimate of drug-likeness (QED) is 0.390.